The highest BCUT2D eigenvalue weighted by atomic mass is 15.3. The molecule has 1 fully saturated rings. The topological polar surface area (TPSA) is 35.5 Å². The molecule has 0 aliphatic carbocycles. The fourth-order valence-corrected chi connectivity index (χ4v) is 2.20. The molecule has 0 aromatic carbocycles. The van der Waals surface area contributed by atoms with Gasteiger partial charge in [-0.05, 0) is 19.9 Å². The SMILES string of the molecule is CC(C)=CCN1CCN(c2ccnc(N(C)C)n2)CC1. The van der Waals surface area contributed by atoms with Crippen molar-refractivity contribution in [2.75, 3.05) is 56.6 Å². The van der Waals surface area contributed by atoms with Gasteiger partial charge in [-0.2, -0.15) is 4.98 Å². The van der Waals surface area contributed by atoms with Crippen molar-refractivity contribution in [1.29, 1.82) is 0 Å². The third-order valence-corrected chi connectivity index (χ3v) is 3.48. The summed E-state index contributed by atoms with van der Waals surface area (Å²) in [6.45, 7) is 9.60. The Labute approximate surface area is 121 Å². The maximum Gasteiger partial charge on any atom is 0.226 e. The molecule has 20 heavy (non-hydrogen) atoms. The Morgan fingerprint density at radius 1 is 1.25 bits per heavy atom. The molecule has 5 heteroatoms. The van der Waals surface area contributed by atoms with E-state index in [1.807, 2.05) is 31.3 Å². The van der Waals surface area contributed by atoms with Crippen LogP contribution in [0.3, 0.4) is 0 Å². The van der Waals surface area contributed by atoms with Crippen molar-refractivity contribution in [2.45, 2.75) is 13.8 Å². The predicted molar refractivity (Wildman–Crippen MR) is 84.4 cm³/mol. The van der Waals surface area contributed by atoms with Gasteiger partial charge in [-0.3, -0.25) is 4.90 Å². The molecule has 5 nitrogen and oxygen atoms in total. The van der Waals surface area contributed by atoms with E-state index in [9.17, 15) is 0 Å². The van der Waals surface area contributed by atoms with Crippen LogP contribution in [0, 0.1) is 0 Å². The summed E-state index contributed by atoms with van der Waals surface area (Å²) in [5.41, 5.74) is 1.39. The van der Waals surface area contributed by atoms with E-state index in [0.717, 1.165) is 44.5 Å². The lowest BCUT2D eigenvalue weighted by atomic mass is 10.2. The molecule has 1 aromatic heterocycles. The van der Waals surface area contributed by atoms with Gasteiger partial charge in [0.15, 0.2) is 0 Å². The van der Waals surface area contributed by atoms with Gasteiger partial charge < -0.3 is 9.80 Å². The molecule has 1 aliphatic rings. The Morgan fingerprint density at radius 3 is 2.55 bits per heavy atom. The Hall–Kier alpha value is -1.62. The highest BCUT2D eigenvalue weighted by Crippen LogP contribution is 2.15. The number of nitrogens with zero attached hydrogens (tertiary/aromatic N) is 5. The second-order valence-electron chi connectivity index (χ2n) is 5.68. The van der Waals surface area contributed by atoms with Crippen LogP contribution in [0.1, 0.15) is 13.8 Å². The van der Waals surface area contributed by atoms with Crippen LogP contribution in [0.15, 0.2) is 23.9 Å². The van der Waals surface area contributed by atoms with Gasteiger partial charge in [-0.25, -0.2) is 4.98 Å². The maximum absolute atomic E-state index is 4.61. The number of hydrogen-bond acceptors (Lipinski definition) is 5. The summed E-state index contributed by atoms with van der Waals surface area (Å²) in [6.07, 6.45) is 4.14. The summed E-state index contributed by atoms with van der Waals surface area (Å²) in [7, 11) is 3.94. The van der Waals surface area contributed by atoms with Gasteiger partial charge in [-0.15, -0.1) is 0 Å². The first-order valence-corrected chi connectivity index (χ1v) is 7.17. The smallest absolute Gasteiger partial charge is 0.226 e. The predicted octanol–water partition coefficient (Wildman–Crippen LogP) is 1.63. The number of hydrogen-bond donors (Lipinski definition) is 0. The average Bonchev–Trinajstić information content (AvgIpc) is 2.46. The van der Waals surface area contributed by atoms with E-state index in [1.165, 1.54) is 5.57 Å². The normalized spacial score (nSPS) is 16.1. The Morgan fingerprint density at radius 2 is 1.95 bits per heavy atom. The van der Waals surface area contributed by atoms with Crippen LogP contribution in [0.2, 0.25) is 0 Å². The molecule has 0 unspecified atom stereocenters. The van der Waals surface area contributed by atoms with Crippen molar-refractivity contribution in [1.82, 2.24) is 14.9 Å². The lowest BCUT2D eigenvalue weighted by Gasteiger charge is -2.35. The summed E-state index contributed by atoms with van der Waals surface area (Å²) in [4.78, 5) is 15.6. The molecule has 1 saturated heterocycles. The second-order valence-corrected chi connectivity index (χ2v) is 5.68. The lowest BCUT2D eigenvalue weighted by Crippen LogP contribution is -2.46. The minimum atomic E-state index is 0.773. The zero-order valence-electron chi connectivity index (χ0n) is 13.0. The molecule has 0 radical (unpaired) electrons. The average molecular weight is 275 g/mol. The van der Waals surface area contributed by atoms with Gasteiger partial charge in [0, 0.05) is 53.0 Å². The van der Waals surface area contributed by atoms with Gasteiger partial charge in [0.25, 0.3) is 0 Å². The van der Waals surface area contributed by atoms with Crippen molar-refractivity contribution >= 4 is 11.8 Å². The first-order chi connectivity index (χ1) is 9.56. The minimum absolute atomic E-state index is 0.773. The molecule has 1 aromatic rings. The van der Waals surface area contributed by atoms with Crippen LogP contribution < -0.4 is 9.80 Å². The van der Waals surface area contributed by atoms with Gasteiger partial charge in [-0.1, -0.05) is 11.6 Å². The van der Waals surface area contributed by atoms with E-state index in [-0.39, 0.29) is 0 Å². The van der Waals surface area contributed by atoms with E-state index in [0.29, 0.717) is 0 Å². The molecule has 2 heterocycles. The number of piperazine rings is 1. The van der Waals surface area contributed by atoms with E-state index in [1.54, 1.807) is 0 Å². The van der Waals surface area contributed by atoms with E-state index in [4.69, 9.17) is 0 Å². The molecule has 0 bridgehead atoms. The Balaban J connectivity index is 1.93. The van der Waals surface area contributed by atoms with Gasteiger partial charge in [0.1, 0.15) is 5.82 Å². The minimum Gasteiger partial charge on any atom is -0.354 e. The van der Waals surface area contributed by atoms with E-state index >= 15 is 0 Å². The highest BCUT2D eigenvalue weighted by Gasteiger charge is 2.17. The van der Waals surface area contributed by atoms with Crippen LogP contribution in [0.4, 0.5) is 11.8 Å². The summed E-state index contributed by atoms with van der Waals surface area (Å²) in [5, 5.41) is 0. The van der Waals surface area contributed by atoms with Crippen LogP contribution >= 0.6 is 0 Å². The van der Waals surface area contributed by atoms with Gasteiger partial charge in [0.05, 0.1) is 0 Å². The standard InChI is InChI=1S/C15H25N5/c1-13(2)6-8-19-9-11-20(12-10-19)14-5-7-16-15(17-14)18(3)4/h5-7H,8-12H2,1-4H3. The highest BCUT2D eigenvalue weighted by molar-refractivity contribution is 5.43. The van der Waals surface area contributed by atoms with E-state index < -0.39 is 0 Å². The van der Waals surface area contributed by atoms with Crippen LogP contribution in [0.25, 0.3) is 0 Å². The number of anilines is 2. The first kappa shape index (κ1) is 14.8. The molecule has 2 rings (SSSR count). The molecule has 0 spiro atoms. The number of allylic oxidation sites excluding steroid dienone is 1. The quantitative estimate of drug-likeness (QED) is 0.781. The molecule has 0 saturated carbocycles. The maximum atomic E-state index is 4.61. The summed E-state index contributed by atoms with van der Waals surface area (Å²) >= 11 is 0. The van der Waals surface area contributed by atoms with Crippen LogP contribution in [-0.2, 0) is 0 Å². The largest absolute Gasteiger partial charge is 0.354 e. The summed E-state index contributed by atoms with van der Waals surface area (Å²) < 4.78 is 0. The molecular formula is C15H25N5. The fourth-order valence-electron chi connectivity index (χ4n) is 2.20. The summed E-state index contributed by atoms with van der Waals surface area (Å²) in [5.74, 6) is 1.81. The molecule has 0 atom stereocenters. The van der Waals surface area contributed by atoms with E-state index in [2.05, 4.69) is 39.7 Å². The van der Waals surface area contributed by atoms with Crippen molar-refractivity contribution in [2.24, 2.45) is 0 Å². The van der Waals surface area contributed by atoms with Crippen LogP contribution in [-0.4, -0.2) is 61.7 Å². The van der Waals surface area contributed by atoms with Gasteiger partial charge in [0.2, 0.25) is 5.95 Å². The first-order valence-electron chi connectivity index (χ1n) is 7.17. The fraction of sp³-hybridized carbons (Fsp3) is 0.600. The third-order valence-electron chi connectivity index (χ3n) is 3.48. The molecule has 110 valence electrons. The molecule has 0 amide bonds. The number of aromatic nitrogens is 2. The molecule has 1 aliphatic heterocycles. The monoisotopic (exact) mass is 275 g/mol. The lowest BCUT2D eigenvalue weighted by molar-refractivity contribution is 0.283. The molecular weight excluding hydrogens is 250 g/mol. The second kappa shape index (κ2) is 6.70. The zero-order chi connectivity index (χ0) is 14.5. The van der Waals surface area contributed by atoms with Gasteiger partial charge >= 0.3 is 0 Å². The number of rotatable bonds is 4. The zero-order valence-corrected chi connectivity index (χ0v) is 13.0. The Kier molecular flexibility index (Phi) is 4.95. The summed E-state index contributed by atoms with van der Waals surface area (Å²) in [6, 6.07) is 2.00. The van der Waals surface area contributed by atoms with Crippen LogP contribution in [0.5, 0.6) is 0 Å². The third kappa shape index (κ3) is 3.93. The molecule has 0 N–H and O–H groups in total. The van der Waals surface area contributed by atoms with Crippen molar-refractivity contribution in [3.63, 3.8) is 0 Å². The van der Waals surface area contributed by atoms with Crippen molar-refractivity contribution in [3.8, 4) is 0 Å². The Bertz CT molecular complexity index is 457. The van der Waals surface area contributed by atoms with Crippen molar-refractivity contribution in [3.05, 3.63) is 23.9 Å². The van der Waals surface area contributed by atoms with Crippen molar-refractivity contribution < 1.29 is 0 Å².